The average Bonchev–Trinajstić information content (AvgIpc) is 2.26. The number of nitro groups is 1. The molecule has 9 heteroatoms. The van der Waals surface area contributed by atoms with E-state index in [1.165, 1.54) is 6.92 Å². The van der Waals surface area contributed by atoms with Crippen molar-refractivity contribution in [2.45, 2.75) is 6.92 Å². The second kappa shape index (κ2) is 3.50. The van der Waals surface area contributed by atoms with Crippen LogP contribution in [0.5, 0.6) is 0 Å². The van der Waals surface area contributed by atoms with Crippen LogP contribution >= 0.6 is 11.3 Å². The Morgan fingerprint density at radius 1 is 1.57 bits per heavy atom. The summed E-state index contributed by atoms with van der Waals surface area (Å²) in [5.74, 6) is 0. The Hall–Kier alpha value is -1.22. The topological polar surface area (TPSA) is 102 Å². The van der Waals surface area contributed by atoms with Crippen molar-refractivity contribution in [1.82, 2.24) is 4.98 Å². The van der Waals surface area contributed by atoms with Crippen LogP contribution in [0.2, 0.25) is 0 Å². The number of nitrogens with one attached hydrogen (secondary N) is 1. The molecule has 0 fully saturated rings. The fraction of sp³-hybridized carbons (Fsp3) is 0.400. The van der Waals surface area contributed by atoms with Gasteiger partial charge in [0.1, 0.15) is 5.69 Å². The number of sulfonamides is 1. The monoisotopic (exact) mass is 237 g/mol. The maximum absolute atomic E-state index is 10.8. The van der Waals surface area contributed by atoms with Crippen molar-refractivity contribution in [1.29, 1.82) is 0 Å². The van der Waals surface area contributed by atoms with Gasteiger partial charge < -0.3 is 0 Å². The molecule has 0 aromatic carbocycles. The molecule has 0 unspecified atom stereocenters. The number of aryl methyl sites for hydroxylation is 1. The molecule has 78 valence electrons. The molecule has 0 aliphatic heterocycles. The fourth-order valence-corrected chi connectivity index (χ4v) is 2.38. The van der Waals surface area contributed by atoms with Gasteiger partial charge in [0.05, 0.1) is 11.2 Å². The highest BCUT2D eigenvalue weighted by atomic mass is 32.2. The Bertz CT molecular complexity index is 463. The number of hydrogen-bond acceptors (Lipinski definition) is 6. The van der Waals surface area contributed by atoms with E-state index in [0.717, 1.165) is 6.26 Å². The number of nitrogens with zero attached hydrogens (tertiary/aromatic N) is 2. The molecule has 0 spiro atoms. The summed E-state index contributed by atoms with van der Waals surface area (Å²) < 4.78 is 23.6. The van der Waals surface area contributed by atoms with E-state index in [-0.39, 0.29) is 15.8 Å². The van der Waals surface area contributed by atoms with Gasteiger partial charge >= 0.3 is 5.00 Å². The van der Waals surface area contributed by atoms with Crippen LogP contribution in [0.4, 0.5) is 10.1 Å². The van der Waals surface area contributed by atoms with Crippen molar-refractivity contribution in [2.75, 3.05) is 11.0 Å². The van der Waals surface area contributed by atoms with Gasteiger partial charge in [-0.25, -0.2) is 13.4 Å². The first-order valence-electron chi connectivity index (χ1n) is 3.39. The number of aromatic nitrogens is 1. The molecule has 0 amide bonds. The fourth-order valence-electron chi connectivity index (χ4n) is 0.760. The Labute approximate surface area is 84.0 Å². The lowest BCUT2D eigenvalue weighted by atomic mass is 10.5. The lowest BCUT2D eigenvalue weighted by molar-refractivity contribution is -0.380. The minimum absolute atomic E-state index is 0.0108. The number of thiazole rings is 1. The molecular formula is C5H7N3O4S2. The van der Waals surface area contributed by atoms with Crippen LogP contribution in [0.15, 0.2) is 0 Å². The minimum atomic E-state index is -3.43. The van der Waals surface area contributed by atoms with E-state index in [0.29, 0.717) is 11.3 Å². The van der Waals surface area contributed by atoms with Crippen molar-refractivity contribution >= 4 is 31.5 Å². The molecule has 1 N–H and O–H groups in total. The Balaban J connectivity index is 3.04. The molecular weight excluding hydrogens is 230 g/mol. The van der Waals surface area contributed by atoms with Gasteiger partial charge in [-0.1, -0.05) is 0 Å². The lowest BCUT2D eigenvalue weighted by Gasteiger charge is -1.95. The summed E-state index contributed by atoms with van der Waals surface area (Å²) in [4.78, 5) is 13.5. The zero-order valence-corrected chi connectivity index (χ0v) is 8.98. The Kier molecular flexibility index (Phi) is 2.71. The molecule has 0 saturated carbocycles. The largest absolute Gasteiger partial charge is 0.348 e. The van der Waals surface area contributed by atoms with Gasteiger partial charge in [-0.2, -0.15) is 0 Å². The quantitative estimate of drug-likeness (QED) is 0.616. The number of rotatable bonds is 3. The standard InChI is InChI=1S/C5H7N3O4S2/c1-3-4(8(9)10)13-5(6-3)7-14(2,11)12/h1-2H3,(H,6,7). The molecule has 1 heterocycles. The van der Waals surface area contributed by atoms with Crippen molar-refractivity contribution < 1.29 is 13.3 Å². The number of hydrogen-bond donors (Lipinski definition) is 1. The summed E-state index contributed by atoms with van der Waals surface area (Å²) >= 11 is 0.694. The Morgan fingerprint density at radius 3 is 2.50 bits per heavy atom. The van der Waals surface area contributed by atoms with Crippen LogP contribution < -0.4 is 4.72 Å². The summed E-state index contributed by atoms with van der Waals surface area (Å²) in [6.45, 7) is 1.45. The van der Waals surface area contributed by atoms with Crippen LogP contribution in [0, 0.1) is 17.0 Å². The summed E-state index contributed by atoms with van der Waals surface area (Å²) in [6.07, 6.45) is 0.954. The first kappa shape index (κ1) is 10.9. The first-order chi connectivity index (χ1) is 6.29. The smallest absolute Gasteiger partial charge is 0.259 e. The van der Waals surface area contributed by atoms with E-state index in [1.54, 1.807) is 0 Å². The summed E-state index contributed by atoms with van der Waals surface area (Å²) in [6, 6.07) is 0. The molecule has 1 aromatic rings. The molecule has 0 bridgehead atoms. The molecule has 0 aliphatic carbocycles. The zero-order valence-electron chi connectivity index (χ0n) is 7.34. The van der Waals surface area contributed by atoms with Gasteiger partial charge in [0.25, 0.3) is 0 Å². The van der Waals surface area contributed by atoms with Crippen molar-refractivity contribution in [3.05, 3.63) is 15.8 Å². The zero-order chi connectivity index (χ0) is 10.9. The van der Waals surface area contributed by atoms with Gasteiger partial charge in [0.15, 0.2) is 0 Å². The van der Waals surface area contributed by atoms with Crippen LogP contribution in [0.1, 0.15) is 5.69 Å². The average molecular weight is 237 g/mol. The minimum Gasteiger partial charge on any atom is -0.259 e. The molecule has 7 nitrogen and oxygen atoms in total. The van der Waals surface area contributed by atoms with Crippen LogP contribution in [-0.2, 0) is 10.0 Å². The second-order valence-corrected chi connectivity index (χ2v) is 5.27. The van der Waals surface area contributed by atoms with E-state index < -0.39 is 14.9 Å². The third-order valence-corrected chi connectivity index (χ3v) is 2.93. The summed E-state index contributed by atoms with van der Waals surface area (Å²) in [5, 5.41) is 10.3. The van der Waals surface area contributed by atoms with Gasteiger partial charge in [-0.15, -0.1) is 0 Å². The van der Waals surface area contributed by atoms with Crippen molar-refractivity contribution in [3.8, 4) is 0 Å². The van der Waals surface area contributed by atoms with E-state index >= 15 is 0 Å². The van der Waals surface area contributed by atoms with E-state index in [1.807, 2.05) is 0 Å². The highest BCUT2D eigenvalue weighted by Crippen LogP contribution is 2.29. The van der Waals surface area contributed by atoms with E-state index in [2.05, 4.69) is 9.71 Å². The molecule has 0 saturated heterocycles. The second-order valence-electron chi connectivity index (χ2n) is 2.54. The summed E-state index contributed by atoms with van der Waals surface area (Å²) in [5.41, 5.74) is 0.200. The van der Waals surface area contributed by atoms with Crippen LogP contribution in [0.25, 0.3) is 0 Å². The SMILES string of the molecule is Cc1nc(NS(C)(=O)=O)sc1[N+](=O)[O-]. The molecule has 1 rings (SSSR count). The molecule has 1 aromatic heterocycles. The highest BCUT2D eigenvalue weighted by molar-refractivity contribution is 7.92. The summed E-state index contributed by atoms with van der Waals surface area (Å²) in [7, 11) is -3.43. The normalized spacial score (nSPS) is 11.3. The van der Waals surface area contributed by atoms with E-state index in [4.69, 9.17) is 0 Å². The first-order valence-corrected chi connectivity index (χ1v) is 6.10. The molecule has 0 atom stereocenters. The highest BCUT2D eigenvalue weighted by Gasteiger charge is 2.18. The lowest BCUT2D eigenvalue weighted by Crippen LogP contribution is -2.08. The van der Waals surface area contributed by atoms with Crippen LogP contribution in [0.3, 0.4) is 0 Å². The Morgan fingerprint density at radius 2 is 2.14 bits per heavy atom. The molecule has 14 heavy (non-hydrogen) atoms. The van der Waals surface area contributed by atoms with Crippen molar-refractivity contribution in [2.24, 2.45) is 0 Å². The van der Waals surface area contributed by atoms with Crippen molar-refractivity contribution in [3.63, 3.8) is 0 Å². The van der Waals surface area contributed by atoms with Gasteiger partial charge in [0.2, 0.25) is 15.2 Å². The molecule has 0 aliphatic rings. The predicted octanol–water partition coefficient (Wildman–Crippen LogP) is 0.731. The third-order valence-electron chi connectivity index (χ3n) is 1.21. The van der Waals surface area contributed by atoms with Gasteiger partial charge in [-0.3, -0.25) is 14.8 Å². The van der Waals surface area contributed by atoms with Crippen LogP contribution in [-0.4, -0.2) is 24.6 Å². The third kappa shape index (κ3) is 2.64. The number of anilines is 1. The van der Waals surface area contributed by atoms with Gasteiger partial charge in [-0.05, 0) is 18.3 Å². The maximum Gasteiger partial charge on any atom is 0.348 e. The predicted molar refractivity (Wildman–Crippen MR) is 52.0 cm³/mol. The molecule has 0 radical (unpaired) electrons. The van der Waals surface area contributed by atoms with Gasteiger partial charge in [0, 0.05) is 0 Å². The van der Waals surface area contributed by atoms with E-state index in [9.17, 15) is 18.5 Å². The maximum atomic E-state index is 10.8.